The number of hydrogen-bond acceptors (Lipinski definition) is 2. The van der Waals surface area contributed by atoms with Gasteiger partial charge in [-0.05, 0) is 26.7 Å². The zero-order valence-electron chi connectivity index (χ0n) is 9.18. The topological polar surface area (TPSA) is 55.1 Å². The Kier molecular flexibility index (Phi) is 4.99. The molecule has 0 rings (SSSR count). The first-order valence-corrected chi connectivity index (χ1v) is 4.99. The predicted octanol–water partition coefficient (Wildman–Crippen LogP) is 1.28. The highest BCUT2D eigenvalue weighted by atomic mass is 16.2. The van der Waals surface area contributed by atoms with Gasteiger partial charge in [-0.3, -0.25) is 4.79 Å². The van der Waals surface area contributed by atoms with E-state index in [0.717, 1.165) is 12.8 Å². The summed E-state index contributed by atoms with van der Waals surface area (Å²) in [6, 6.07) is 0.290. The Morgan fingerprint density at radius 3 is 2.15 bits per heavy atom. The SMILES string of the molecule is CCC(CC)NC(=O)C(C)(C)CN. The number of amides is 1. The summed E-state index contributed by atoms with van der Waals surface area (Å²) in [6.07, 6.45) is 1.95. The summed E-state index contributed by atoms with van der Waals surface area (Å²) in [6.45, 7) is 8.27. The Morgan fingerprint density at radius 1 is 1.38 bits per heavy atom. The van der Waals surface area contributed by atoms with Crippen molar-refractivity contribution >= 4 is 5.91 Å². The van der Waals surface area contributed by atoms with Gasteiger partial charge in [-0.2, -0.15) is 0 Å². The molecule has 0 aliphatic heterocycles. The van der Waals surface area contributed by atoms with Crippen LogP contribution >= 0.6 is 0 Å². The van der Waals surface area contributed by atoms with Crippen molar-refractivity contribution in [1.29, 1.82) is 0 Å². The van der Waals surface area contributed by atoms with Gasteiger partial charge in [0.2, 0.25) is 5.91 Å². The highest BCUT2D eigenvalue weighted by Crippen LogP contribution is 2.13. The zero-order valence-corrected chi connectivity index (χ0v) is 9.18. The normalized spacial score (nSPS) is 11.8. The van der Waals surface area contributed by atoms with Crippen molar-refractivity contribution in [2.75, 3.05) is 6.54 Å². The van der Waals surface area contributed by atoms with Crippen molar-refractivity contribution in [3.8, 4) is 0 Å². The molecule has 0 heterocycles. The van der Waals surface area contributed by atoms with Crippen LogP contribution in [0.25, 0.3) is 0 Å². The molecule has 3 heteroatoms. The highest BCUT2D eigenvalue weighted by Gasteiger charge is 2.26. The fraction of sp³-hybridized carbons (Fsp3) is 0.900. The molecule has 0 saturated heterocycles. The lowest BCUT2D eigenvalue weighted by Crippen LogP contribution is -2.45. The second-order valence-corrected chi connectivity index (χ2v) is 4.07. The molecule has 0 aromatic carbocycles. The monoisotopic (exact) mass is 186 g/mol. The van der Waals surface area contributed by atoms with Gasteiger partial charge in [0.25, 0.3) is 0 Å². The third-order valence-electron chi connectivity index (χ3n) is 2.45. The number of carbonyl (C=O) groups is 1. The van der Waals surface area contributed by atoms with Gasteiger partial charge in [0, 0.05) is 12.6 Å². The van der Waals surface area contributed by atoms with Crippen LogP contribution in [-0.4, -0.2) is 18.5 Å². The number of nitrogens with one attached hydrogen (secondary N) is 1. The quantitative estimate of drug-likeness (QED) is 0.679. The minimum Gasteiger partial charge on any atom is -0.353 e. The molecule has 0 atom stereocenters. The molecule has 3 nitrogen and oxygen atoms in total. The van der Waals surface area contributed by atoms with E-state index in [1.54, 1.807) is 0 Å². The molecule has 0 aromatic heterocycles. The van der Waals surface area contributed by atoms with Crippen LogP contribution in [0.1, 0.15) is 40.5 Å². The maximum absolute atomic E-state index is 11.6. The van der Waals surface area contributed by atoms with E-state index in [0.29, 0.717) is 12.6 Å². The smallest absolute Gasteiger partial charge is 0.227 e. The van der Waals surface area contributed by atoms with E-state index in [2.05, 4.69) is 19.2 Å². The first-order chi connectivity index (χ1) is 5.97. The predicted molar refractivity (Wildman–Crippen MR) is 55.3 cm³/mol. The fourth-order valence-electron chi connectivity index (χ4n) is 0.966. The van der Waals surface area contributed by atoms with Gasteiger partial charge in [-0.25, -0.2) is 0 Å². The van der Waals surface area contributed by atoms with Crippen LogP contribution < -0.4 is 11.1 Å². The van der Waals surface area contributed by atoms with Crippen molar-refractivity contribution in [2.45, 2.75) is 46.6 Å². The Balaban J connectivity index is 4.13. The van der Waals surface area contributed by atoms with Gasteiger partial charge in [0.1, 0.15) is 0 Å². The molecule has 78 valence electrons. The Bertz CT molecular complexity index is 162. The summed E-state index contributed by atoms with van der Waals surface area (Å²) < 4.78 is 0. The molecule has 1 amide bonds. The van der Waals surface area contributed by atoms with Crippen molar-refractivity contribution in [3.63, 3.8) is 0 Å². The number of hydrogen-bond donors (Lipinski definition) is 2. The lowest BCUT2D eigenvalue weighted by molar-refractivity contribution is -0.129. The lowest BCUT2D eigenvalue weighted by atomic mass is 9.92. The molecule has 0 aliphatic carbocycles. The largest absolute Gasteiger partial charge is 0.353 e. The van der Waals surface area contributed by atoms with Gasteiger partial charge in [-0.1, -0.05) is 13.8 Å². The first kappa shape index (κ1) is 12.4. The van der Waals surface area contributed by atoms with Gasteiger partial charge in [0.15, 0.2) is 0 Å². The molecular formula is C10H22N2O. The maximum atomic E-state index is 11.6. The summed E-state index contributed by atoms with van der Waals surface area (Å²) in [4.78, 5) is 11.6. The maximum Gasteiger partial charge on any atom is 0.227 e. The summed E-state index contributed by atoms with van der Waals surface area (Å²) in [5.74, 6) is 0.0590. The van der Waals surface area contributed by atoms with Crippen LogP contribution in [0.15, 0.2) is 0 Å². The van der Waals surface area contributed by atoms with Crippen molar-refractivity contribution in [3.05, 3.63) is 0 Å². The summed E-state index contributed by atoms with van der Waals surface area (Å²) >= 11 is 0. The number of nitrogens with two attached hydrogens (primary N) is 1. The van der Waals surface area contributed by atoms with Crippen LogP contribution in [0.2, 0.25) is 0 Å². The van der Waals surface area contributed by atoms with Gasteiger partial charge in [0.05, 0.1) is 5.41 Å². The van der Waals surface area contributed by atoms with E-state index in [1.807, 2.05) is 13.8 Å². The summed E-state index contributed by atoms with van der Waals surface area (Å²) in [7, 11) is 0. The van der Waals surface area contributed by atoms with E-state index >= 15 is 0 Å². The van der Waals surface area contributed by atoms with Crippen LogP contribution in [0, 0.1) is 5.41 Å². The van der Waals surface area contributed by atoms with Crippen LogP contribution in [0.3, 0.4) is 0 Å². The van der Waals surface area contributed by atoms with Gasteiger partial charge in [-0.15, -0.1) is 0 Å². The summed E-state index contributed by atoms with van der Waals surface area (Å²) in [5.41, 5.74) is 5.06. The molecular weight excluding hydrogens is 164 g/mol. The van der Waals surface area contributed by atoms with Crippen molar-refractivity contribution < 1.29 is 4.79 Å². The second-order valence-electron chi connectivity index (χ2n) is 4.07. The Morgan fingerprint density at radius 2 is 1.85 bits per heavy atom. The molecule has 0 spiro atoms. The average Bonchev–Trinajstić information content (AvgIpc) is 2.13. The first-order valence-electron chi connectivity index (χ1n) is 4.99. The molecule has 3 N–H and O–H groups in total. The number of carbonyl (C=O) groups excluding carboxylic acids is 1. The zero-order chi connectivity index (χ0) is 10.5. The van der Waals surface area contributed by atoms with E-state index in [-0.39, 0.29) is 5.91 Å². The molecule has 13 heavy (non-hydrogen) atoms. The molecule has 0 bridgehead atoms. The molecule has 0 unspecified atom stereocenters. The minimum absolute atomic E-state index is 0.0590. The molecule has 0 radical (unpaired) electrons. The average molecular weight is 186 g/mol. The van der Waals surface area contributed by atoms with Crippen LogP contribution in [0.5, 0.6) is 0 Å². The second kappa shape index (κ2) is 5.22. The third kappa shape index (κ3) is 3.77. The molecule has 0 aromatic rings. The standard InChI is InChI=1S/C10H22N2O/c1-5-8(6-2)12-9(13)10(3,4)7-11/h8H,5-7,11H2,1-4H3,(H,12,13). The van der Waals surface area contributed by atoms with Gasteiger partial charge >= 0.3 is 0 Å². The van der Waals surface area contributed by atoms with E-state index < -0.39 is 5.41 Å². The van der Waals surface area contributed by atoms with Crippen LogP contribution in [0.4, 0.5) is 0 Å². The molecule has 0 aliphatic rings. The van der Waals surface area contributed by atoms with Crippen molar-refractivity contribution in [1.82, 2.24) is 5.32 Å². The van der Waals surface area contributed by atoms with E-state index in [1.165, 1.54) is 0 Å². The van der Waals surface area contributed by atoms with Gasteiger partial charge < -0.3 is 11.1 Å². The molecule has 0 saturated carbocycles. The Hall–Kier alpha value is -0.570. The molecule has 0 fully saturated rings. The van der Waals surface area contributed by atoms with E-state index in [4.69, 9.17) is 5.73 Å². The minimum atomic E-state index is -0.442. The summed E-state index contributed by atoms with van der Waals surface area (Å²) in [5, 5.41) is 2.99. The highest BCUT2D eigenvalue weighted by molar-refractivity contribution is 5.82. The lowest BCUT2D eigenvalue weighted by Gasteiger charge is -2.24. The Labute approximate surface area is 81.1 Å². The van der Waals surface area contributed by atoms with Crippen LogP contribution in [-0.2, 0) is 4.79 Å². The number of rotatable bonds is 5. The fourth-order valence-corrected chi connectivity index (χ4v) is 0.966. The van der Waals surface area contributed by atoms with Crippen molar-refractivity contribution in [2.24, 2.45) is 11.1 Å². The van der Waals surface area contributed by atoms with E-state index in [9.17, 15) is 4.79 Å². The third-order valence-corrected chi connectivity index (χ3v) is 2.45.